The Morgan fingerprint density at radius 3 is 2.56 bits per heavy atom. The SMILES string of the molecule is CC(C)(C)OC(=O)N1CCC(n2cc(F)c3c(Cc4ccc(-n5cncn5)cc4F)ncnc32)CC1. The van der Waals surface area contributed by atoms with E-state index in [-0.39, 0.29) is 23.9 Å². The number of piperidine rings is 1. The number of nitrogens with zero attached hydrogens (tertiary/aromatic N) is 7. The van der Waals surface area contributed by atoms with Gasteiger partial charge in [0.25, 0.3) is 0 Å². The molecule has 1 aliphatic heterocycles. The summed E-state index contributed by atoms with van der Waals surface area (Å²) in [5, 5.41) is 4.29. The van der Waals surface area contributed by atoms with Gasteiger partial charge in [-0.1, -0.05) is 6.07 Å². The fourth-order valence-electron chi connectivity index (χ4n) is 4.51. The number of carbonyl (C=O) groups is 1. The summed E-state index contributed by atoms with van der Waals surface area (Å²) in [4.78, 5) is 26.6. The van der Waals surface area contributed by atoms with E-state index in [9.17, 15) is 9.18 Å². The van der Waals surface area contributed by atoms with Crippen LogP contribution in [0.3, 0.4) is 0 Å². The van der Waals surface area contributed by atoms with Crippen molar-refractivity contribution in [2.45, 2.75) is 51.7 Å². The van der Waals surface area contributed by atoms with Crippen molar-refractivity contribution in [1.29, 1.82) is 0 Å². The lowest BCUT2D eigenvalue weighted by atomic mass is 10.0. The van der Waals surface area contributed by atoms with Gasteiger partial charge in [0.2, 0.25) is 0 Å². The van der Waals surface area contributed by atoms with E-state index in [1.807, 2.05) is 25.3 Å². The molecule has 1 amide bonds. The van der Waals surface area contributed by atoms with Crippen molar-refractivity contribution in [1.82, 2.24) is 34.2 Å². The molecule has 0 aliphatic carbocycles. The van der Waals surface area contributed by atoms with Crippen molar-refractivity contribution in [2.75, 3.05) is 13.1 Å². The normalized spacial score (nSPS) is 15.0. The molecule has 4 heterocycles. The number of carbonyl (C=O) groups excluding carboxylic acids is 1. The van der Waals surface area contributed by atoms with Crippen molar-refractivity contribution in [3.8, 4) is 5.69 Å². The molecule has 9 nitrogen and oxygen atoms in total. The van der Waals surface area contributed by atoms with Crippen LogP contribution in [0.4, 0.5) is 13.6 Å². The quantitative estimate of drug-likeness (QED) is 0.415. The van der Waals surface area contributed by atoms with Gasteiger partial charge in [0.1, 0.15) is 36.0 Å². The second-order valence-corrected chi connectivity index (χ2v) is 9.89. The van der Waals surface area contributed by atoms with Crippen LogP contribution >= 0.6 is 0 Å². The summed E-state index contributed by atoms with van der Waals surface area (Å²) in [7, 11) is 0. The second-order valence-electron chi connectivity index (χ2n) is 9.89. The Balaban J connectivity index is 1.36. The average Bonchev–Trinajstić information content (AvgIpc) is 3.48. The Bertz CT molecular complexity index is 1390. The maximum absolute atomic E-state index is 15.2. The molecule has 4 aromatic rings. The van der Waals surface area contributed by atoms with Gasteiger partial charge in [-0.25, -0.2) is 33.2 Å². The second kappa shape index (κ2) is 9.29. The minimum absolute atomic E-state index is 0.0304. The molecular formula is C25H27F2N7O2. The van der Waals surface area contributed by atoms with E-state index >= 15 is 4.39 Å². The number of ether oxygens (including phenoxy) is 1. The highest BCUT2D eigenvalue weighted by molar-refractivity contribution is 5.80. The van der Waals surface area contributed by atoms with Gasteiger partial charge in [-0.15, -0.1) is 0 Å². The third-order valence-electron chi connectivity index (χ3n) is 6.23. The number of amides is 1. The Kier molecular flexibility index (Phi) is 6.15. The summed E-state index contributed by atoms with van der Waals surface area (Å²) in [5.41, 5.74) is 1.24. The van der Waals surface area contributed by atoms with Crippen molar-refractivity contribution in [3.63, 3.8) is 0 Å². The molecule has 3 aromatic heterocycles. The average molecular weight is 496 g/mol. The van der Waals surface area contributed by atoms with Gasteiger partial charge in [0, 0.05) is 31.7 Å². The molecule has 0 unspecified atom stereocenters. The lowest BCUT2D eigenvalue weighted by Crippen LogP contribution is -2.42. The number of hydrogen-bond donors (Lipinski definition) is 0. The lowest BCUT2D eigenvalue weighted by molar-refractivity contribution is 0.0189. The minimum atomic E-state index is -0.558. The molecule has 1 aromatic carbocycles. The summed E-state index contributed by atoms with van der Waals surface area (Å²) >= 11 is 0. The van der Waals surface area contributed by atoms with E-state index in [1.165, 1.54) is 35.9 Å². The van der Waals surface area contributed by atoms with Crippen LogP contribution in [0.25, 0.3) is 16.7 Å². The van der Waals surface area contributed by atoms with Crippen LogP contribution in [0.15, 0.2) is 43.4 Å². The van der Waals surface area contributed by atoms with E-state index < -0.39 is 17.2 Å². The Labute approximate surface area is 206 Å². The van der Waals surface area contributed by atoms with Crippen molar-refractivity contribution in [2.24, 2.45) is 0 Å². The maximum atomic E-state index is 15.2. The van der Waals surface area contributed by atoms with Gasteiger partial charge in [-0.3, -0.25) is 0 Å². The van der Waals surface area contributed by atoms with Crippen LogP contribution in [0.2, 0.25) is 0 Å². The lowest BCUT2D eigenvalue weighted by Gasteiger charge is -2.34. The topological polar surface area (TPSA) is 91.0 Å². The molecule has 1 saturated heterocycles. The molecule has 188 valence electrons. The Morgan fingerprint density at radius 1 is 1.11 bits per heavy atom. The summed E-state index contributed by atoms with van der Waals surface area (Å²) < 4.78 is 38.8. The van der Waals surface area contributed by atoms with E-state index in [2.05, 4.69) is 20.1 Å². The van der Waals surface area contributed by atoms with E-state index in [0.29, 0.717) is 48.5 Å². The predicted molar refractivity (Wildman–Crippen MR) is 128 cm³/mol. The third-order valence-corrected chi connectivity index (χ3v) is 6.23. The van der Waals surface area contributed by atoms with E-state index in [0.717, 1.165) is 0 Å². The van der Waals surface area contributed by atoms with Gasteiger partial charge in [0.15, 0.2) is 5.82 Å². The first-order chi connectivity index (χ1) is 17.2. The molecule has 1 aliphatic rings. The zero-order valence-corrected chi connectivity index (χ0v) is 20.4. The Hall–Kier alpha value is -3.89. The van der Waals surface area contributed by atoms with Gasteiger partial charge >= 0.3 is 6.09 Å². The number of benzene rings is 1. The first-order valence-electron chi connectivity index (χ1n) is 11.8. The molecule has 0 radical (unpaired) electrons. The number of fused-ring (bicyclic) bond motifs is 1. The number of hydrogen-bond acceptors (Lipinski definition) is 6. The zero-order valence-electron chi connectivity index (χ0n) is 20.4. The van der Waals surface area contributed by atoms with Crippen LogP contribution in [-0.2, 0) is 11.2 Å². The molecule has 0 atom stereocenters. The summed E-state index contributed by atoms with van der Waals surface area (Å²) in [5.74, 6) is -0.890. The number of likely N-dealkylation sites (tertiary alicyclic amines) is 1. The van der Waals surface area contributed by atoms with Gasteiger partial charge in [-0.05, 0) is 51.3 Å². The van der Waals surface area contributed by atoms with Gasteiger partial charge in [0.05, 0.1) is 16.8 Å². The van der Waals surface area contributed by atoms with Crippen molar-refractivity contribution < 1.29 is 18.3 Å². The van der Waals surface area contributed by atoms with Crippen LogP contribution in [0, 0.1) is 11.6 Å². The molecule has 11 heteroatoms. The highest BCUT2D eigenvalue weighted by atomic mass is 19.1. The molecule has 0 spiro atoms. The summed E-state index contributed by atoms with van der Waals surface area (Å²) in [6, 6.07) is 4.70. The Morgan fingerprint density at radius 2 is 1.89 bits per heavy atom. The molecule has 0 bridgehead atoms. The first-order valence-corrected chi connectivity index (χ1v) is 11.8. The predicted octanol–water partition coefficient (Wildman–Crippen LogP) is 4.45. The van der Waals surface area contributed by atoms with Gasteiger partial charge in [-0.2, -0.15) is 5.10 Å². The molecule has 5 rings (SSSR count). The smallest absolute Gasteiger partial charge is 0.410 e. The van der Waals surface area contributed by atoms with Crippen LogP contribution in [-0.4, -0.2) is 59.0 Å². The maximum Gasteiger partial charge on any atom is 0.410 e. The zero-order chi connectivity index (χ0) is 25.4. The molecular weight excluding hydrogens is 468 g/mol. The highest BCUT2D eigenvalue weighted by Crippen LogP contribution is 2.31. The number of aromatic nitrogens is 6. The summed E-state index contributed by atoms with van der Waals surface area (Å²) in [6.45, 7) is 6.51. The van der Waals surface area contributed by atoms with Crippen LogP contribution in [0.1, 0.15) is 50.9 Å². The van der Waals surface area contributed by atoms with Crippen molar-refractivity contribution >= 4 is 17.1 Å². The third kappa shape index (κ3) is 4.77. The summed E-state index contributed by atoms with van der Waals surface area (Å²) in [6.07, 6.45) is 6.72. The molecule has 0 saturated carbocycles. The van der Waals surface area contributed by atoms with E-state index in [4.69, 9.17) is 4.74 Å². The number of halogens is 2. The first kappa shape index (κ1) is 23.8. The van der Waals surface area contributed by atoms with Crippen LogP contribution < -0.4 is 0 Å². The molecule has 36 heavy (non-hydrogen) atoms. The fourth-order valence-corrected chi connectivity index (χ4v) is 4.51. The van der Waals surface area contributed by atoms with E-state index in [1.54, 1.807) is 17.0 Å². The molecule has 0 N–H and O–H groups in total. The highest BCUT2D eigenvalue weighted by Gasteiger charge is 2.29. The molecule has 1 fully saturated rings. The fraction of sp³-hybridized carbons (Fsp3) is 0.400. The van der Waals surface area contributed by atoms with Gasteiger partial charge < -0.3 is 14.2 Å². The largest absolute Gasteiger partial charge is 0.444 e. The van der Waals surface area contributed by atoms with Crippen LogP contribution in [0.5, 0.6) is 0 Å². The monoisotopic (exact) mass is 495 g/mol. The van der Waals surface area contributed by atoms with Crippen molar-refractivity contribution in [3.05, 3.63) is 66.3 Å². The number of rotatable bonds is 4. The standard InChI is InChI=1S/C25H27F2N7O2/c1-25(2,3)36-24(35)32-8-6-17(7-9-32)33-12-20(27)22-21(29-14-30-23(22)33)10-16-4-5-18(11-19(16)26)34-15-28-13-31-34/h4-5,11-15,17H,6-10H2,1-3H3. The minimum Gasteiger partial charge on any atom is -0.444 e.